The molecular weight excluding hydrogens is 414 g/mol. The molecule has 1 aromatic heterocycles. The van der Waals surface area contributed by atoms with Crippen LogP contribution in [0.2, 0.25) is 0 Å². The maximum atomic E-state index is 11.6. The van der Waals surface area contributed by atoms with Gasteiger partial charge in [0.05, 0.1) is 40.0 Å². The Labute approximate surface area is 179 Å². The first-order chi connectivity index (χ1) is 14.8. The van der Waals surface area contributed by atoms with Gasteiger partial charge in [-0.1, -0.05) is 36.4 Å². The van der Waals surface area contributed by atoms with Gasteiger partial charge in [-0.15, -0.1) is 0 Å². The van der Waals surface area contributed by atoms with Gasteiger partial charge in [-0.3, -0.25) is 20.4 Å². The highest BCUT2D eigenvalue weighted by molar-refractivity contribution is 7.92. The summed E-state index contributed by atoms with van der Waals surface area (Å²) in [4.78, 5) is 16.2. The first-order valence-corrected chi connectivity index (χ1v) is 11.4. The number of nitrogens with one attached hydrogen (secondary N) is 4. The molecule has 0 aliphatic carbocycles. The van der Waals surface area contributed by atoms with E-state index in [9.17, 15) is 13.2 Å². The molecule has 1 heterocycles. The highest BCUT2D eigenvalue weighted by atomic mass is 32.2. The smallest absolute Gasteiger partial charge is 0.235 e. The second-order valence-electron chi connectivity index (χ2n) is 7.09. The van der Waals surface area contributed by atoms with Crippen molar-refractivity contribution >= 4 is 60.5 Å². The topological polar surface area (TPSA) is 112 Å². The van der Waals surface area contributed by atoms with Crippen LogP contribution in [0.15, 0.2) is 66.7 Å². The number of benzene rings is 3. The van der Waals surface area contributed by atoms with Crippen LogP contribution in [0.1, 0.15) is 6.92 Å². The molecule has 158 valence electrons. The van der Waals surface area contributed by atoms with Crippen LogP contribution < -0.4 is 20.9 Å². The van der Waals surface area contributed by atoms with Crippen molar-refractivity contribution in [2.24, 2.45) is 0 Å². The van der Waals surface area contributed by atoms with Crippen LogP contribution in [-0.4, -0.2) is 25.6 Å². The fourth-order valence-electron chi connectivity index (χ4n) is 3.30. The molecule has 1 amide bonds. The van der Waals surface area contributed by atoms with Gasteiger partial charge in [0.2, 0.25) is 15.9 Å². The highest BCUT2D eigenvalue weighted by Gasteiger charge is 2.13. The lowest BCUT2D eigenvalue weighted by atomic mass is 10.1. The number of hydrogen-bond acceptors (Lipinski definition) is 6. The minimum absolute atomic E-state index is 0.285. The first-order valence-electron chi connectivity index (χ1n) is 9.49. The van der Waals surface area contributed by atoms with Gasteiger partial charge < -0.3 is 5.32 Å². The van der Waals surface area contributed by atoms with Crippen LogP contribution in [0.4, 0.5) is 22.7 Å². The predicted molar refractivity (Wildman–Crippen MR) is 125 cm³/mol. The number of aromatic nitrogens is 1. The number of amides is 1. The normalized spacial score (nSPS) is 11.3. The van der Waals surface area contributed by atoms with E-state index >= 15 is 0 Å². The number of nitrogens with zero attached hydrogens (tertiary/aromatic N) is 1. The highest BCUT2D eigenvalue weighted by Crippen LogP contribution is 2.36. The average Bonchev–Trinajstić information content (AvgIpc) is 2.72. The number of pyridine rings is 1. The molecule has 31 heavy (non-hydrogen) atoms. The summed E-state index contributed by atoms with van der Waals surface area (Å²) in [5, 5.41) is 5.31. The monoisotopic (exact) mass is 435 g/mol. The zero-order valence-corrected chi connectivity index (χ0v) is 17.7. The molecule has 0 spiro atoms. The van der Waals surface area contributed by atoms with Crippen LogP contribution in [0.25, 0.3) is 21.8 Å². The van der Waals surface area contributed by atoms with Crippen LogP contribution in [-0.2, 0) is 14.8 Å². The Morgan fingerprint density at radius 2 is 1.48 bits per heavy atom. The third-order valence-corrected chi connectivity index (χ3v) is 5.15. The van der Waals surface area contributed by atoms with Gasteiger partial charge in [0.15, 0.2) is 0 Å². The first kappa shape index (κ1) is 20.4. The molecule has 0 radical (unpaired) electrons. The molecular formula is C22H21N5O3S. The van der Waals surface area contributed by atoms with Gasteiger partial charge in [0.1, 0.15) is 0 Å². The number of carbonyl (C=O) groups excluding carboxylic acids is 1. The Morgan fingerprint density at radius 1 is 0.871 bits per heavy atom. The third kappa shape index (κ3) is 4.67. The number of hydrazine groups is 1. The number of para-hydroxylation sites is 2. The third-order valence-electron chi connectivity index (χ3n) is 4.54. The maximum absolute atomic E-state index is 11.6. The Balaban J connectivity index is 1.84. The van der Waals surface area contributed by atoms with Crippen molar-refractivity contribution in [2.45, 2.75) is 6.92 Å². The van der Waals surface area contributed by atoms with E-state index in [1.54, 1.807) is 18.2 Å². The molecule has 0 aliphatic rings. The molecule has 0 fully saturated rings. The van der Waals surface area contributed by atoms with Gasteiger partial charge in [0, 0.05) is 17.7 Å². The molecule has 0 aliphatic heterocycles. The van der Waals surface area contributed by atoms with E-state index in [-0.39, 0.29) is 5.91 Å². The molecule has 9 heteroatoms. The molecule has 0 unspecified atom stereocenters. The van der Waals surface area contributed by atoms with Gasteiger partial charge in [0.25, 0.3) is 0 Å². The summed E-state index contributed by atoms with van der Waals surface area (Å²) in [6, 6.07) is 20.6. The summed E-state index contributed by atoms with van der Waals surface area (Å²) in [6.45, 7) is 1.38. The van der Waals surface area contributed by atoms with E-state index in [0.717, 1.165) is 33.7 Å². The Hall–Kier alpha value is -3.85. The summed E-state index contributed by atoms with van der Waals surface area (Å²) in [7, 11) is -3.45. The summed E-state index contributed by atoms with van der Waals surface area (Å²) < 4.78 is 25.7. The maximum Gasteiger partial charge on any atom is 0.235 e. The zero-order valence-electron chi connectivity index (χ0n) is 16.9. The van der Waals surface area contributed by atoms with E-state index < -0.39 is 10.0 Å². The summed E-state index contributed by atoms with van der Waals surface area (Å²) in [6.07, 6.45) is 1.08. The number of carbonyl (C=O) groups is 1. The van der Waals surface area contributed by atoms with Crippen molar-refractivity contribution in [3.8, 4) is 0 Å². The summed E-state index contributed by atoms with van der Waals surface area (Å²) in [5.41, 5.74) is 9.43. The molecule has 0 atom stereocenters. The van der Waals surface area contributed by atoms with Crippen LogP contribution in [0.3, 0.4) is 0 Å². The Bertz CT molecular complexity index is 1350. The molecule has 4 N–H and O–H groups in total. The van der Waals surface area contributed by atoms with Crippen molar-refractivity contribution < 1.29 is 13.2 Å². The lowest BCUT2D eigenvalue weighted by Gasteiger charge is -2.18. The minimum atomic E-state index is -3.45. The second kappa shape index (κ2) is 8.11. The fraction of sp³-hybridized carbons (Fsp3) is 0.0909. The minimum Gasteiger partial charge on any atom is -0.353 e. The van der Waals surface area contributed by atoms with E-state index in [0.29, 0.717) is 17.1 Å². The molecule has 8 nitrogen and oxygen atoms in total. The largest absolute Gasteiger partial charge is 0.353 e. The number of sulfonamides is 1. The van der Waals surface area contributed by atoms with E-state index in [1.807, 2.05) is 48.5 Å². The lowest BCUT2D eigenvalue weighted by Crippen LogP contribution is -2.27. The van der Waals surface area contributed by atoms with Crippen LogP contribution in [0, 0.1) is 0 Å². The summed E-state index contributed by atoms with van der Waals surface area (Å²) >= 11 is 0. The van der Waals surface area contributed by atoms with E-state index in [2.05, 4.69) is 20.9 Å². The van der Waals surface area contributed by atoms with Crippen molar-refractivity contribution in [2.75, 3.05) is 21.7 Å². The quantitative estimate of drug-likeness (QED) is 0.269. The SMILES string of the molecule is CC(=O)NNc1cc(NS(C)(=O)=O)ccc1Nc1c2ccccc2nc2ccccc12. The van der Waals surface area contributed by atoms with Gasteiger partial charge in [-0.05, 0) is 30.3 Å². The number of anilines is 4. The standard InChI is InChI=1S/C22H21N5O3S/c1-14(28)25-26-21-13-15(27-31(2,29)30)11-12-20(21)24-22-16-7-3-5-9-18(16)23-19-10-6-4-8-17(19)22/h3-13,26-27H,1-2H3,(H,23,24)(H,25,28). The van der Waals surface area contributed by atoms with Crippen molar-refractivity contribution in [3.05, 3.63) is 66.7 Å². The molecule has 0 saturated carbocycles. The number of hydrogen-bond donors (Lipinski definition) is 4. The summed E-state index contributed by atoms with van der Waals surface area (Å²) in [5.74, 6) is -0.285. The second-order valence-corrected chi connectivity index (χ2v) is 8.84. The lowest BCUT2D eigenvalue weighted by molar-refractivity contribution is -0.118. The fourth-order valence-corrected chi connectivity index (χ4v) is 3.85. The van der Waals surface area contributed by atoms with Gasteiger partial charge in [-0.25, -0.2) is 13.4 Å². The van der Waals surface area contributed by atoms with Gasteiger partial charge >= 0.3 is 0 Å². The van der Waals surface area contributed by atoms with Crippen molar-refractivity contribution in [1.29, 1.82) is 0 Å². The Morgan fingerprint density at radius 3 is 2.06 bits per heavy atom. The number of fused-ring (bicyclic) bond motifs is 2. The molecule has 4 rings (SSSR count). The Kier molecular flexibility index (Phi) is 5.35. The molecule has 0 saturated heterocycles. The van der Waals surface area contributed by atoms with Crippen LogP contribution >= 0.6 is 0 Å². The van der Waals surface area contributed by atoms with E-state index in [1.165, 1.54) is 6.92 Å². The zero-order chi connectivity index (χ0) is 22.0. The van der Waals surface area contributed by atoms with Crippen molar-refractivity contribution in [3.63, 3.8) is 0 Å². The molecule has 3 aromatic carbocycles. The predicted octanol–water partition coefficient (Wildman–Crippen LogP) is 3.97. The number of rotatable bonds is 6. The average molecular weight is 436 g/mol. The van der Waals surface area contributed by atoms with E-state index in [4.69, 9.17) is 4.98 Å². The molecule has 4 aromatic rings. The van der Waals surface area contributed by atoms with Crippen LogP contribution in [0.5, 0.6) is 0 Å². The molecule has 0 bridgehead atoms. The van der Waals surface area contributed by atoms with Crippen molar-refractivity contribution in [1.82, 2.24) is 10.4 Å². The van der Waals surface area contributed by atoms with Gasteiger partial charge in [-0.2, -0.15) is 0 Å².